The summed E-state index contributed by atoms with van der Waals surface area (Å²) in [5.41, 5.74) is 2.10. The van der Waals surface area contributed by atoms with E-state index in [1.54, 1.807) is 21.0 Å². The Morgan fingerprint density at radius 2 is 2.00 bits per heavy atom. The van der Waals surface area contributed by atoms with E-state index >= 15 is 0 Å². The summed E-state index contributed by atoms with van der Waals surface area (Å²) in [6.07, 6.45) is 0. The molecule has 0 bridgehead atoms. The molecule has 19 heavy (non-hydrogen) atoms. The molecule has 0 aliphatic heterocycles. The van der Waals surface area contributed by atoms with Crippen molar-refractivity contribution in [3.05, 3.63) is 28.8 Å². The fourth-order valence-electron chi connectivity index (χ4n) is 1.71. The van der Waals surface area contributed by atoms with Gasteiger partial charge in [-0.25, -0.2) is 0 Å². The fourth-order valence-corrected chi connectivity index (χ4v) is 1.71. The highest BCUT2D eigenvalue weighted by atomic mass is 16.5. The van der Waals surface area contributed by atoms with E-state index in [9.17, 15) is 4.79 Å². The lowest BCUT2D eigenvalue weighted by molar-refractivity contribution is -0.126. The Morgan fingerprint density at radius 3 is 2.53 bits per heavy atom. The van der Waals surface area contributed by atoms with Crippen molar-refractivity contribution in [2.45, 2.75) is 34.2 Å². The second-order valence-electron chi connectivity index (χ2n) is 5.17. The van der Waals surface area contributed by atoms with Crippen LogP contribution in [-0.4, -0.2) is 13.0 Å². The summed E-state index contributed by atoms with van der Waals surface area (Å²) in [6, 6.07) is 5.93. The summed E-state index contributed by atoms with van der Waals surface area (Å²) >= 11 is 0. The van der Waals surface area contributed by atoms with Crippen molar-refractivity contribution in [1.29, 1.82) is 5.26 Å². The van der Waals surface area contributed by atoms with E-state index in [1.165, 1.54) is 0 Å². The maximum atomic E-state index is 11.8. The van der Waals surface area contributed by atoms with E-state index in [1.807, 2.05) is 32.0 Å². The van der Waals surface area contributed by atoms with E-state index in [4.69, 9.17) is 10.00 Å². The molecule has 1 amide bonds. The van der Waals surface area contributed by atoms with Gasteiger partial charge in [-0.05, 0) is 50.5 Å². The maximum absolute atomic E-state index is 11.8. The molecule has 0 aliphatic rings. The molecule has 0 atom stereocenters. The number of nitrogens with one attached hydrogen (secondary N) is 1. The summed E-state index contributed by atoms with van der Waals surface area (Å²) in [6.45, 7) is 7.56. The van der Waals surface area contributed by atoms with Crippen molar-refractivity contribution in [3.63, 3.8) is 0 Å². The Balaban J connectivity index is 2.83. The molecule has 4 nitrogen and oxygen atoms in total. The number of nitrogens with zero attached hydrogens (tertiary/aromatic N) is 1. The molecule has 0 spiro atoms. The monoisotopic (exact) mass is 260 g/mol. The summed E-state index contributed by atoms with van der Waals surface area (Å²) in [5, 5.41) is 11.7. The molecular weight excluding hydrogens is 240 g/mol. The second kappa shape index (κ2) is 5.75. The number of methoxy groups -OCH3 is 1. The zero-order valence-corrected chi connectivity index (χ0v) is 12.1. The van der Waals surface area contributed by atoms with Crippen molar-refractivity contribution in [3.8, 4) is 11.8 Å². The van der Waals surface area contributed by atoms with Crippen molar-refractivity contribution in [1.82, 2.24) is 5.32 Å². The number of rotatable bonds is 4. The predicted molar refractivity (Wildman–Crippen MR) is 73.7 cm³/mol. The molecule has 0 unspecified atom stereocenters. The van der Waals surface area contributed by atoms with Crippen molar-refractivity contribution < 1.29 is 9.53 Å². The lowest BCUT2D eigenvalue weighted by Gasteiger charge is -2.16. The standard InChI is InChI=1S/C15H20N2O2/c1-10-7-13(19-5)11(2)6-12(10)8-17-14(18)15(3,4)9-16/h6-7H,8H2,1-5H3,(H,17,18). The molecule has 1 aromatic rings. The van der Waals surface area contributed by atoms with Gasteiger partial charge in [0.1, 0.15) is 11.2 Å². The van der Waals surface area contributed by atoms with E-state index in [-0.39, 0.29) is 5.91 Å². The Kier molecular flexibility index (Phi) is 4.55. The normalized spacial score (nSPS) is 10.7. The molecule has 0 aromatic heterocycles. The maximum Gasteiger partial charge on any atom is 0.240 e. The second-order valence-corrected chi connectivity index (χ2v) is 5.17. The van der Waals surface area contributed by atoms with Crippen LogP contribution in [0.15, 0.2) is 12.1 Å². The van der Waals surface area contributed by atoms with Gasteiger partial charge in [-0.3, -0.25) is 4.79 Å². The minimum absolute atomic E-state index is 0.261. The van der Waals surface area contributed by atoms with Gasteiger partial charge in [0.2, 0.25) is 5.91 Å². The van der Waals surface area contributed by atoms with Gasteiger partial charge in [0.15, 0.2) is 0 Å². The smallest absolute Gasteiger partial charge is 0.240 e. The number of benzene rings is 1. The Hall–Kier alpha value is -2.02. The van der Waals surface area contributed by atoms with Gasteiger partial charge in [-0.2, -0.15) is 5.26 Å². The lowest BCUT2D eigenvalue weighted by Crippen LogP contribution is -2.35. The van der Waals surface area contributed by atoms with Crippen LogP contribution in [0.5, 0.6) is 5.75 Å². The first-order chi connectivity index (χ1) is 8.81. The molecule has 0 heterocycles. The number of hydrogen-bond donors (Lipinski definition) is 1. The van der Waals surface area contributed by atoms with Gasteiger partial charge in [0, 0.05) is 6.54 Å². The predicted octanol–water partition coefficient (Wildman–Crippen LogP) is 2.48. The van der Waals surface area contributed by atoms with Crippen LogP contribution in [0.4, 0.5) is 0 Å². The summed E-state index contributed by atoms with van der Waals surface area (Å²) < 4.78 is 5.25. The highest BCUT2D eigenvalue weighted by Gasteiger charge is 2.26. The summed E-state index contributed by atoms with van der Waals surface area (Å²) in [7, 11) is 1.64. The molecular formula is C15H20N2O2. The van der Waals surface area contributed by atoms with Gasteiger partial charge >= 0.3 is 0 Å². The Bertz CT molecular complexity index is 528. The topological polar surface area (TPSA) is 62.1 Å². The molecule has 1 aromatic carbocycles. The number of aryl methyl sites for hydroxylation is 2. The van der Waals surface area contributed by atoms with Crippen molar-refractivity contribution in [2.75, 3.05) is 7.11 Å². The lowest BCUT2D eigenvalue weighted by atomic mass is 9.94. The average molecular weight is 260 g/mol. The highest BCUT2D eigenvalue weighted by molar-refractivity contribution is 5.84. The van der Waals surface area contributed by atoms with Gasteiger partial charge in [-0.15, -0.1) is 0 Å². The van der Waals surface area contributed by atoms with E-state index in [0.717, 1.165) is 22.4 Å². The third-order valence-electron chi connectivity index (χ3n) is 3.14. The minimum atomic E-state index is -1.00. The largest absolute Gasteiger partial charge is 0.496 e. The number of carbonyl (C=O) groups excluding carboxylic acids is 1. The first-order valence-corrected chi connectivity index (χ1v) is 6.15. The molecule has 0 radical (unpaired) electrons. The van der Waals surface area contributed by atoms with Crippen molar-refractivity contribution in [2.24, 2.45) is 5.41 Å². The zero-order valence-electron chi connectivity index (χ0n) is 12.1. The Morgan fingerprint density at radius 1 is 1.37 bits per heavy atom. The van der Waals surface area contributed by atoms with Crippen LogP contribution >= 0.6 is 0 Å². The van der Waals surface area contributed by atoms with Crippen LogP contribution in [0, 0.1) is 30.6 Å². The van der Waals surface area contributed by atoms with Crippen LogP contribution in [0.2, 0.25) is 0 Å². The number of amides is 1. The van der Waals surface area contributed by atoms with Crippen LogP contribution < -0.4 is 10.1 Å². The van der Waals surface area contributed by atoms with Gasteiger partial charge in [-0.1, -0.05) is 6.07 Å². The molecule has 4 heteroatoms. The zero-order chi connectivity index (χ0) is 14.6. The van der Waals surface area contributed by atoms with E-state index < -0.39 is 5.41 Å². The first-order valence-electron chi connectivity index (χ1n) is 6.15. The Labute approximate surface area is 114 Å². The number of carbonyl (C=O) groups is 1. The summed E-state index contributed by atoms with van der Waals surface area (Å²) in [5.74, 6) is 0.577. The molecule has 102 valence electrons. The first kappa shape index (κ1) is 15.0. The quantitative estimate of drug-likeness (QED) is 0.904. The van der Waals surface area contributed by atoms with E-state index in [0.29, 0.717) is 6.54 Å². The minimum Gasteiger partial charge on any atom is -0.496 e. The van der Waals surface area contributed by atoms with Crippen molar-refractivity contribution >= 4 is 5.91 Å². The number of ether oxygens (including phenoxy) is 1. The molecule has 1 rings (SSSR count). The van der Waals surface area contributed by atoms with Gasteiger partial charge in [0.25, 0.3) is 0 Å². The average Bonchev–Trinajstić information content (AvgIpc) is 2.38. The SMILES string of the molecule is COc1cc(C)c(CNC(=O)C(C)(C)C#N)cc1C. The number of hydrogen-bond acceptors (Lipinski definition) is 3. The molecule has 0 fully saturated rings. The highest BCUT2D eigenvalue weighted by Crippen LogP contribution is 2.22. The number of nitriles is 1. The van der Waals surface area contributed by atoms with Crippen LogP contribution in [-0.2, 0) is 11.3 Å². The van der Waals surface area contributed by atoms with E-state index in [2.05, 4.69) is 5.32 Å². The van der Waals surface area contributed by atoms with Gasteiger partial charge < -0.3 is 10.1 Å². The van der Waals surface area contributed by atoms with Crippen LogP contribution in [0.1, 0.15) is 30.5 Å². The van der Waals surface area contributed by atoms with Crippen LogP contribution in [0.3, 0.4) is 0 Å². The third kappa shape index (κ3) is 3.47. The fraction of sp³-hybridized carbons (Fsp3) is 0.467. The summed E-state index contributed by atoms with van der Waals surface area (Å²) in [4.78, 5) is 11.8. The molecule has 0 saturated carbocycles. The third-order valence-corrected chi connectivity index (χ3v) is 3.14. The van der Waals surface area contributed by atoms with Crippen LogP contribution in [0.25, 0.3) is 0 Å². The molecule has 1 N–H and O–H groups in total. The molecule has 0 saturated heterocycles. The molecule has 0 aliphatic carbocycles. The van der Waals surface area contributed by atoms with Gasteiger partial charge in [0.05, 0.1) is 13.2 Å².